The Morgan fingerprint density at radius 2 is 2.27 bits per heavy atom. The molecule has 86 valence electrons. The summed E-state index contributed by atoms with van der Waals surface area (Å²) in [5.41, 5.74) is 5.49. The maximum absolute atomic E-state index is 5.49. The van der Waals surface area contributed by atoms with Gasteiger partial charge in [0, 0.05) is 19.6 Å². The third-order valence-electron chi connectivity index (χ3n) is 2.16. The summed E-state index contributed by atoms with van der Waals surface area (Å²) in [6, 6.07) is 0. The highest BCUT2D eigenvalue weighted by Crippen LogP contribution is 2.03. The molecule has 0 aromatic carbocycles. The summed E-state index contributed by atoms with van der Waals surface area (Å²) in [4.78, 5) is 6.41. The zero-order chi connectivity index (χ0) is 11.3. The lowest BCUT2D eigenvalue weighted by molar-refractivity contribution is 0.313. The van der Waals surface area contributed by atoms with E-state index in [2.05, 4.69) is 28.8 Å². The molecule has 0 radical (unpaired) electrons. The van der Waals surface area contributed by atoms with Gasteiger partial charge >= 0.3 is 0 Å². The van der Waals surface area contributed by atoms with Gasteiger partial charge in [-0.3, -0.25) is 4.90 Å². The number of hydrogen-bond acceptors (Lipinski definition) is 4. The Labute approximate surface area is 91.3 Å². The first kappa shape index (κ1) is 12.1. The molecule has 0 saturated heterocycles. The summed E-state index contributed by atoms with van der Waals surface area (Å²) in [6.45, 7) is 7.64. The summed E-state index contributed by atoms with van der Waals surface area (Å²) in [5.74, 6) is 1.60. The molecule has 1 aromatic heterocycles. The van der Waals surface area contributed by atoms with Crippen molar-refractivity contribution in [1.82, 2.24) is 19.7 Å². The van der Waals surface area contributed by atoms with Crippen LogP contribution in [0.25, 0.3) is 0 Å². The third kappa shape index (κ3) is 3.97. The van der Waals surface area contributed by atoms with E-state index in [0.29, 0.717) is 12.5 Å². The van der Waals surface area contributed by atoms with Crippen LogP contribution in [-0.4, -0.2) is 39.8 Å². The number of nitrogens with zero attached hydrogens (tertiary/aromatic N) is 4. The van der Waals surface area contributed by atoms with Crippen molar-refractivity contribution >= 4 is 0 Å². The molecule has 0 spiro atoms. The molecule has 5 nitrogen and oxygen atoms in total. The van der Waals surface area contributed by atoms with Crippen molar-refractivity contribution in [2.24, 2.45) is 11.7 Å². The van der Waals surface area contributed by atoms with Gasteiger partial charge in [0.25, 0.3) is 0 Å². The highest BCUT2D eigenvalue weighted by atomic mass is 15.3. The summed E-state index contributed by atoms with van der Waals surface area (Å²) in [7, 11) is 2.04. The standard InChI is InChI=1S/C10H21N5/c1-9(2)6-15-10(12-8-13-15)7-14(3)5-4-11/h8-9H,4-7,11H2,1-3H3. The van der Waals surface area contributed by atoms with Crippen LogP contribution in [0.1, 0.15) is 19.7 Å². The molecule has 0 atom stereocenters. The molecule has 0 amide bonds. The van der Waals surface area contributed by atoms with E-state index in [0.717, 1.165) is 25.5 Å². The molecule has 15 heavy (non-hydrogen) atoms. The van der Waals surface area contributed by atoms with Crippen LogP contribution in [0, 0.1) is 5.92 Å². The van der Waals surface area contributed by atoms with Gasteiger partial charge in [-0.2, -0.15) is 5.10 Å². The second kappa shape index (κ2) is 5.82. The van der Waals surface area contributed by atoms with Crippen LogP contribution in [0.15, 0.2) is 6.33 Å². The average Bonchev–Trinajstić information content (AvgIpc) is 2.52. The van der Waals surface area contributed by atoms with Crippen molar-refractivity contribution in [3.63, 3.8) is 0 Å². The van der Waals surface area contributed by atoms with Gasteiger partial charge in [0.2, 0.25) is 0 Å². The Hall–Kier alpha value is -0.940. The van der Waals surface area contributed by atoms with Crippen LogP contribution in [-0.2, 0) is 13.1 Å². The van der Waals surface area contributed by atoms with E-state index in [4.69, 9.17) is 5.73 Å². The molecule has 0 saturated carbocycles. The molecule has 1 heterocycles. The smallest absolute Gasteiger partial charge is 0.141 e. The van der Waals surface area contributed by atoms with Crippen LogP contribution >= 0.6 is 0 Å². The van der Waals surface area contributed by atoms with E-state index in [1.807, 2.05) is 11.7 Å². The van der Waals surface area contributed by atoms with Gasteiger partial charge < -0.3 is 5.73 Å². The summed E-state index contributed by atoms with van der Waals surface area (Å²) < 4.78 is 1.97. The molecule has 1 rings (SSSR count). The molecule has 0 aliphatic heterocycles. The lowest BCUT2D eigenvalue weighted by atomic mass is 10.2. The van der Waals surface area contributed by atoms with Crippen LogP contribution in [0.2, 0.25) is 0 Å². The normalized spacial score (nSPS) is 11.6. The minimum Gasteiger partial charge on any atom is -0.329 e. The first-order chi connectivity index (χ1) is 7.13. The van der Waals surface area contributed by atoms with Crippen molar-refractivity contribution in [2.45, 2.75) is 26.9 Å². The highest BCUT2D eigenvalue weighted by molar-refractivity contribution is 4.84. The van der Waals surface area contributed by atoms with E-state index < -0.39 is 0 Å². The average molecular weight is 211 g/mol. The number of likely N-dealkylation sites (N-methyl/N-ethyl adjacent to an activating group) is 1. The largest absolute Gasteiger partial charge is 0.329 e. The van der Waals surface area contributed by atoms with Crippen LogP contribution in [0.4, 0.5) is 0 Å². The van der Waals surface area contributed by atoms with Gasteiger partial charge in [0.1, 0.15) is 12.2 Å². The van der Waals surface area contributed by atoms with Gasteiger partial charge in [-0.1, -0.05) is 13.8 Å². The fraction of sp³-hybridized carbons (Fsp3) is 0.800. The van der Waals surface area contributed by atoms with E-state index in [-0.39, 0.29) is 0 Å². The number of nitrogens with two attached hydrogens (primary N) is 1. The zero-order valence-corrected chi connectivity index (χ0v) is 9.85. The summed E-state index contributed by atoms with van der Waals surface area (Å²) >= 11 is 0. The first-order valence-electron chi connectivity index (χ1n) is 5.38. The quantitative estimate of drug-likeness (QED) is 0.736. The Morgan fingerprint density at radius 3 is 2.87 bits per heavy atom. The first-order valence-corrected chi connectivity index (χ1v) is 5.38. The Morgan fingerprint density at radius 1 is 1.53 bits per heavy atom. The van der Waals surface area contributed by atoms with Crippen molar-refractivity contribution in [3.05, 3.63) is 12.2 Å². The van der Waals surface area contributed by atoms with Gasteiger partial charge in [-0.05, 0) is 13.0 Å². The molecule has 0 fully saturated rings. The molecule has 0 aliphatic carbocycles. The molecule has 1 aromatic rings. The maximum Gasteiger partial charge on any atom is 0.141 e. The molecule has 0 bridgehead atoms. The maximum atomic E-state index is 5.49. The number of hydrogen-bond donors (Lipinski definition) is 1. The lowest BCUT2D eigenvalue weighted by Gasteiger charge is -2.15. The minimum atomic E-state index is 0.588. The SMILES string of the molecule is CC(C)Cn1ncnc1CN(C)CCN. The fourth-order valence-electron chi connectivity index (χ4n) is 1.45. The lowest BCUT2D eigenvalue weighted by Crippen LogP contribution is -2.27. The van der Waals surface area contributed by atoms with Crippen molar-refractivity contribution in [1.29, 1.82) is 0 Å². The van der Waals surface area contributed by atoms with Crippen LogP contribution < -0.4 is 5.73 Å². The van der Waals surface area contributed by atoms with Crippen molar-refractivity contribution < 1.29 is 0 Å². The predicted octanol–water partition coefficient (Wildman–Crippen LogP) is 0.325. The summed E-state index contributed by atoms with van der Waals surface area (Å²) in [6.07, 6.45) is 1.62. The third-order valence-corrected chi connectivity index (χ3v) is 2.16. The second-order valence-corrected chi connectivity index (χ2v) is 4.28. The minimum absolute atomic E-state index is 0.588. The van der Waals surface area contributed by atoms with Crippen LogP contribution in [0.3, 0.4) is 0 Å². The Balaban J connectivity index is 2.56. The Bertz CT molecular complexity index is 281. The highest BCUT2D eigenvalue weighted by Gasteiger charge is 2.08. The van der Waals surface area contributed by atoms with Gasteiger partial charge in [0.05, 0.1) is 6.54 Å². The molecular formula is C10H21N5. The molecule has 5 heteroatoms. The monoisotopic (exact) mass is 211 g/mol. The van der Waals surface area contributed by atoms with E-state index in [1.54, 1.807) is 6.33 Å². The zero-order valence-electron chi connectivity index (χ0n) is 9.85. The topological polar surface area (TPSA) is 60.0 Å². The van der Waals surface area contributed by atoms with E-state index in [9.17, 15) is 0 Å². The molecule has 0 aliphatic rings. The molecular weight excluding hydrogens is 190 g/mol. The van der Waals surface area contributed by atoms with Gasteiger partial charge in [-0.25, -0.2) is 9.67 Å². The van der Waals surface area contributed by atoms with Crippen molar-refractivity contribution in [3.8, 4) is 0 Å². The van der Waals surface area contributed by atoms with Crippen LogP contribution in [0.5, 0.6) is 0 Å². The van der Waals surface area contributed by atoms with Gasteiger partial charge in [0.15, 0.2) is 0 Å². The fourth-order valence-corrected chi connectivity index (χ4v) is 1.45. The Kier molecular flexibility index (Phi) is 4.71. The number of rotatable bonds is 6. The second-order valence-electron chi connectivity index (χ2n) is 4.28. The predicted molar refractivity (Wildman–Crippen MR) is 60.2 cm³/mol. The van der Waals surface area contributed by atoms with E-state index >= 15 is 0 Å². The summed E-state index contributed by atoms with van der Waals surface area (Å²) in [5, 5.41) is 4.22. The van der Waals surface area contributed by atoms with Crippen molar-refractivity contribution in [2.75, 3.05) is 20.1 Å². The molecule has 0 unspecified atom stereocenters. The molecule has 2 N–H and O–H groups in total. The number of aromatic nitrogens is 3. The van der Waals surface area contributed by atoms with E-state index in [1.165, 1.54) is 0 Å². The van der Waals surface area contributed by atoms with Gasteiger partial charge in [-0.15, -0.1) is 0 Å².